The summed E-state index contributed by atoms with van der Waals surface area (Å²) in [6, 6.07) is 16.1. The van der Waals surface area contributed by atoms with Crippen LogP contribution in [-0.2, 0) is 19.1 Å². The number of esters is 2. The van der Waals surface area contributed by atoms with E-state index < -0.39 is 23.8 Å². The van der Waals surface area contributed by atoms with Gasteiger partial charge in [-0.2, -0.15) is 0 Å². The molecule has 0 aliphatic heterocycles. The predicted molar refractivity (Wildman–Crippen MR) is 109 cm³/mol. The third kappa shape index (κ3) is 5.76. The Morgan fingerprint density at radius 3 is 2.04 bits per heavy atom. The highest BCUT2D eigenvalue weighted by Crippen LogP contribution is 2.32. The molecule has 5 nitrogen and oxygen atoms in total. The molecule has 0 radical (unpaired) electrons. The van der Waals surface area contributed by atoms with Gasteiger partial charge in [-0.05, 0) is 31.5 Å². The summed E-state index contributed by atoms with van der Waals surface area (Å²) in [4.78, 5) is 38.1. The van der Waals surface area contributed by atoms with E-state index in [1.165, 1.54) is 0 Å². The summed E-state index contributed by atoms with van der Waals surface area (Å²) >= 11 is 3.36. The Morgan fingerprint density at radius 1 is 0.893 bits per heavy atom. The van der Waals surface area contributed by atoms with Gasteiger partial charge in [0.15, 0.2) is 11.7 Å². The fourth-order valence-electron chi connectivity index (χ4n) is 3.00. The van der Waals surface area contributed by atoms with Crippen LogP contribution in [0.4, 0.5) is 0 Å². The van der Waals surface area contributed by atoms with Crippen LogP contribution in [0.1, 0.15) is 42.1 Å². The van der Waals surface area contributed by atoms with Gasteiger partial charge in [0.25, 0.3) is 0 Å². The maximum Gasteiger partial charge on any atom is 0.320 e. The molecule has 0 aromatic heterocycles. The molecule has 0 spiro atoms. The fourth-order valence-corrected chi connectivity index (χ4v) is 3.40. The van der Waals surface area contributed by atoms with Crippen molar-refractivity contribution in [3.63, 3.8) is 0 Å². The minimum Gasteiger partial charge on any atom is -0.465 e. The fraction of sp³-hybridized carbons (Fsp3) is 0.318. The molecular weight excluding hydrogens is 424 g/mol. The molecule has 28 heavy (non-hydrogen) atoms. The molecule has 148 valence electrons. The Labute approximate surface area is 173 Å². The second-order valence-corrected chi connectivity index (χ2v) is 7.05. The van der Waals surface area contributed by atoms with Crippen LogP contribution in [0.2, 0.25) is 0 Å². The summed E-state index contributed by atoms with van der Waals surface area (Å²) in [6.07, 6.45) is -0.0250. The van der Waals surface area contributed by atoms with E-state index in [0.29, 0.717) is 11.1 Å². The third-order valence-corrected chi connectivity index (χ3v) is 4.76. The summed E-state index contributed by atoms with van der Waals surface area (Å²) in [5, 5.41) is 0. The standard InChI is InChI=1S/C22H23BrO5/c1-3-27-21(25)20(22(26)28-4-2)18(15-9-6-5-7-10-15)14-19(24)16-11-8-12-17(23)13-16/h5-13,18,20H,3-4,14H2,1-2H3. The molecule has 0 aliphatic rings. The molecule has 0 amide bonds. The summed E-state index contributed by atoms with van der Waals surface area (Å²) < 4.78 is 11.0. The van der Waals surface area contributed by atoms with E-state index >= 15 is 0 Å². The molecule has 0 N–H and O–H groups in total. The van der Waals surface area contributed by atoms with Crippen molar-refractivity contribution >= 4 is 33.7 Å². The maximum absolute atomic E-state index is 12.9. The van der Waals surface area contributed by atoms with Crippen LogP contribution >= 0.6 is 15.9 Å². The summed E-state index contributed by atoms with van der Waals surface area (Å²) in [5.74, 6) is -3.44. The minimum atomic E-state index is -1.21. The van der Waals surface area contributed by atoms with E-state index in [1.54, 1.807) is 56.3 Å². The van der Waals surface area contributed by atoms with Gasteiger partial charge in [0.2, 0.25) is 0 Å². The zero-order valence-electron chi connectivity index (χ0n) is 15.9. The van der Waals surface area contributed by atoms with Gasteiger partial charge < -0.3 is 9.47 Å². The van der Waals surface area contributed by atoms with Crippen molar-refractivity contribution in [1.29, 1.82) is 0 Å². The van der Waals surface area contributed by atoms with Gasteiger partial charge in [-0.15, -0.1) is 0 Å². The third-order valence-electron chi connectivity index (χ3n) is 4.26. The van der Waals surface area contributed by atoms with Gasteiger partial charge in [-0.1, -0.05) is 58.4 Å². The average molecular weight is 447 g/mol. The molecule has 1 atom stereocenters. The largest absolute Gasteiger partial charge is 0.465 e. The summed E-state index contributed by atoms with van der Waals surface area (Å²) in [5.41, 5.74) is 1.21. The van der Waals surface area contributed by atoms with Crippen LogP contribution in [0.15, 0.2) is 59.1 Å². The Kier molecular flexibility index (Phi) is 8.39. The van der Waals surface area contributed by atoms with Crippen LogP contribution < -0.4 is 0 Å². The van der Waals surface area contributed by atoms with Crippen LogP contribution in [0.25, 0.3) is 0 Å². The number of halogens is 1. The number of carbonyl (C=O) groups excluding carboxylic acids is 3. The van der Waals surface area contributed by atoms with E-state index in [2.05, 4.69) is 15.9 Å². The second kappa shape index (κ2) is 10.8. The van der Waals surface area contributed by atoms with Crippen molar-refractivity contribution in [3.8, 4) is 0 Å². The second-order valence-electron chi connectivity index (χ2n) is 6.14. The molecule has 0 saturated heterocycles. The Hall–Kier alpha value is -2.47. The number of hydrogen-bond acceptors (Lipinski definition) is 5. The molecule has 0 aliphatic carbocycles. The maximum atomic E-state index is 12.9. The number of ether oxygens (including phenoxy) is 2. The lowest BCUT2D eigenvalue weighted by Crippen LogP contribution is -2.34. The summed E-state index contributed by atoms with van der Waals surface area (Å²) in [6.45, 7) is 3.61. The number of rotatable bonds is 9. The molecule has 2 rings (SSSR count). The zero-order valence-corrected chi connectivity index (χ0v) is 17.5. The monoisotopic (exact) mass is 446 g/mol. The van der Waals surface area contributed by atoms with Gasteiger partial charge in [-0.25, -0.2) is 0 Å². The lowest BCUT2D eigenvalue weighted by atomic mass is 9.81. The van der Waals surface area contributed by atoms with Crippen molar-refractivity contribution < 1.29 is 23.9 Å². The van der Waals surface area contributed by atoms with E-state index in [4.69, 9.17) is 9.47 Å². The van der Waals surface area contributed by atoms with Crippen LogP contribution in [0, 0.1) is 5.92 Å². The van der Waals surface area contributed by atoms with Crippen molar-refractivity contribution in [2.45, 2.75) is 26.2 Å². The first-order valence-corrected chi connectivity index (χ1v) is 9.94. The van der Waals surface area contributed by atoms with Crippen molar-refractivity contribution in [2.24, 2.45) is 5.92 Å². The molecule has 1 unspecified atom stereocenters. The molecule has 0 fully saturated rings. The molecule has 6 heteroatoms. The van der Waals surface area contributed by atoms with Crippen molar-refractivity contribution in [1.82, 2.24) is 0 Å². The lowest BCUT2D eigenvalue weighted by molar-refractivity contribution is -0.162. The Bertz CT molecular complexity index is 801. The first kappa shape index (κ1) is 21.8. The highest BCUT2D eigenvalue weighted by atomic mass is 79.9. The Balaban J connectivity index is 2.42. The van der Waals surface area contributed by atoms with Gasteiger partial charge >= 0.3 is 11.9 Å². The molecule has 0 saturated carbocycles. The highest BCUT2D eigenvalue weighted by molar-refractivity contribution is 9.10. The van der Waals surface area contributed by atoms with Gasteiger partial charge in [0.1, 0.15) is 0 Å². The topological polar surface area (TPSA) is 69.7 Å². The minimum absolute atomic E-state index is 0.0250. The first-order chi connectivity index (χ1) is 13.5. The van der Waals surface area contributed by atoms with E-state index in [1.807, 2.05) is 12.1 Å². The number of Topliss-reactive ketones (excluding diaryl/α,β-unsaturated/α-hetero) is 1. The normalized spacial score (nSPS) is 11.7. The SMILES string of the molecule is CCOC(=O)C(C(=O)OCC)C(CC(=O)c1cccc(Br)c1)c1ccccc1. The van der Waals surface area contributed by atoms with Gasteiger partial charge in [-0.3, -0.25) is 14.4 Å². The predicted octanol–water partition coefficient (Wildman–Crippen LogP) is 4.55. The Morgan fingerprint density at radius 2 is 1.50 bits per heavy atom. The van der Waals surface area contributed by atoms with Crippen LogP contribution in [-0.4, -0.2) is 30.9 Å². The van der Waals surface area contributed by atoms with Crippen LogP contribution in [0.5, 0.6) is 0 Å². The van der Waals surface area contributed by atoms with E-state index in [9.17, 15) is 14.4 Å². The van der Waals surface area contributed by atoms with Crippen LogP contribution in [0.3, 0.4) is 0 Å². The zero-order chi connectivity index (χ0) is 20.5. The number of ketones is 1. The van der Waals surface area contributed by atoms with Crippen molar-refractivity contribution in [2.75, 3.05) is 13.2 Å². The number of carbonyl (C=O) groups is 3. The van der Waals surface area contributed by atoms with Gasteiger partial charge in [0, 0.05) is 22.4 Å². The molecule has 0 bridgehead atoms. The average Bonchev–Trinajstić information content (AvgIpc) is 2.68. The molecule has 0 heterocycles. The summed E-state index contributed by atoms with van der Waals surface area (Å²) in [7, 11) is 0. The smallest absolute Gasteiger partial charge is 0.320 e. The van der Waals surface area contributed by atoms with E-state index in [0.717, 1.165) is 4.47 Å². The quantitative estimate of drug-likeness (QED) is 0.321. The van der Waals surface area contributed by atoms with Crippen molar-refractivity contribution in [3.05, 3.63) is 70.2 Å². The van der Waals surface area contributed by atoms with Gasteiger partial charge in [0.05, 0.1) is 13.2 Å². The lowest BCUT2D eigenvalue weighted by Gasteiger charge is -2.24. The van der Waals surface area contributed by atoms with E-state index in [-0.39, 0.29) is 25.4 Å². The highest BCUT2D eigenvalue weighted by Gasteiger charge is 2.39. The molecule has 2 aromatic carbocycles. The molecule has 2 aromatic rings. The first-order valence-electron chi connectivity index (χ1n) is 9.14. The number of benzene rings is 2. The number of hydrogen-bond donors (Lipinski definition) is 0. The molecular formula is C22H23BrO5.